The van der Waals surface area contributed by atoms with Crippen LogP contribution in [-0.4, -0.2) is 43.0 Å². The maximum absolute atomic E-state index is 14.0. The minimum atomic E-state index is -4.39. The van der Waals surface area contributed by atoms with E-state index in [1.807, 2.05) is 0 Å². The molecule has 0 saturated carbocycles. The fourth-order valence-corrected chi connectivity index (χ4v) is 6.52. The van der Waals surface area contributed by atoms with Crippen LogP contribution in [0.5, 0.6) is 0 Å². The number of carbonyl (C=O) groups is 4. The number of benzene rings is 3. The molecule has 2 aliphatic rings. The Morgan fingerprint density at radius 3 is 2.38 bits per heavy atom. The summed E-state index contributed by atoms with van der Waals surface area (Å²) in [5, 5.41) is 4.99. The highest BCUT2D eigenvalue weighted by Gasteiger charge is 2.42. The lowest BCUT2D eigenvalue weighted by Gasteiger charge is -2.31. The molecule has 1 fully saturated rings. The lowest BCUT2D eigenvalue weighted by Crippen LogP contribution is -2.54. The van der Waals surface area contributed by atoms with E-state index in [0.29, 0.717) is 17.3 Å². The summed E-state index contributed by atoms with van der Waals surface area (Å²) in [5.41, 5.74) is 0.973. The number of hydrogen-bond donors (Lipinski definition) is 2. The van der Waals surface area contributed by atoms with Crippen LogP contribution in [0.4, 0.5) is 20.2 Å². The monoisotopic (exact) mass is 594 g/mol. The number of piperidine rings is 1. The van der Waals surface area contributed by atoms with Crippen molar-refractivity contribution in [1.82, 2.24) is 10.2 Å². The first kappa shape index (κ1) is 28.6. The van der Waals surface area contributed by atoms with Gasteiger partial charge in [-0.2, -0.15) is 0 Å². The molecular weight excluding hydrogens is 570 g/mol. The number of anilines is 2. The van der Waals surface area contributed by atoms with Gasteiger partial charge in [-0.25, -0.2) is 17.2 Å². The largest absolute Gasteiger partial charge is 0.351 e. The molecule has 5 rings (SSSR count). The number of imide groups is 2. The van der Waals surface area contributed by atoms with Crippen molar-refractivity contribution in [3.63, 3.8) is 0 Å². The van der Waals surface area contributed by atoms with Crippen molar-refractivity contribution in [1.29, 1.82) is 0 Å². The second-order valence-corrected chi connectivity index (χ2v) is 11.5. The van der Waals surface area contributed by atoms with Gasteiger partial charge in [-0.05, 0) is 61.4 Å². The summed E-state index contributed by atoms with van der Waals surface area (Å²) in [5.74, 6) is -5.17. The zero-order valence-electron chi connectivity index (χ0n) is 22.1. The number of para-hydroxylation sites is 1. The molecule has 0 bridgehead atoms. The quantitative estimate of drug-likeness (QED) is 0.382. The first-order chi connectivity index (χ1) is 20.0. The molecule has 13 heteroatoms. The summed E-state index contributed by atoms with van der Waals surface area (Å²) in [6.45, 7) is 1.61. The Morgan fingerprint density at radius 2 is 1.69 bits per heavy atom. The van der Waals surface area contributed by atoms with Crippen LogP contribution in [-0.2, 0) is 29.2 Å². The van der Waals surface area contributed by atoms with Gasteiger partial charge in [0.2, 0.25) is 11.8 Å². The summed E-state index contributed by atoms with van der Waals surface area (Å²) in [4.78, 5) is 49.8. The average molecular weight is 595 g/mol. The minimum Gasteiger partial charge on any atom is -0.351 e. The lowest BCUT2D eigenvalue weighted by molar-refractivity contribution is -0.149. The second kappa shape index (κ2) is 11.2. The summed E-state index contributed by atoms with van der Waals surface area (Å²) >= 11 is 0. The van der Waals surface area contributed by atoms with Gasteiger partial charge in [0.25, 0.3) is 21.8 Å². The third-order valence-corrected chi connectivity index (χ3v) is 8.83. The number of halogens is 2. The maximum Gasteiger partial charge on any atom is 0.278 e. The van der Waals surface area contributed by atoms with Gasteiger partial charge in [0.05, 0.1) is 16.6 Å². The number of rotatable bonds is 8. The normalized spacial score (nSPS) is 18.0. The molecule has 2 aliphatic heterocycles. The molecule has 42 heavy (non-hydrogen) atoms. The first-order valence-electron chi connectivity index (χ1n) is 12.8. The van der Waals surface area contributed by atoms with E-state index in [4.69, 9.17) is 0 Å². The van der Waals surface area contributed by atoms with Crippen LogP contribution in [0.2, 0.25) is 0 Å². The van der Waals surface area contributed by atoms with Crippen molar-refractivity contribution in [2.45, 2.75) is 36.7 Å². The van der Waals surface area contributed by atoms with Crippen molar-refractivity contribution in [3.8, 4) is 0 Å². The summed E-state index contributed by atoms with van der Waals surface area (Å²) in [7, 11) is -4.39. The standard InChI is InChI=1S/C29H24F2N4O6S/c1-17(35(20-8-3-2-4-9-20)42(40,41)21-10-11-22(30)23(31)15-21)18-6-5-7-19(14-18)32-24-16-27(37)34(29(24)39)25-12-13-26(36)33-28(25)38/h2-11,14-17,25,32H,12-13H2,1H3,(H,33,36,38). The Morgan fingerprint density at radius 1 is 0.952 bits per heavy atom. The van der Waals surface area contributed by atoms with Crippen LogP contribution < -0.4 is 14.9 Å². The Balaban J connectivity index is 1.43. The van der Waals surface area contributed by atoms with Gasteiger partial charge >= 0.3 is 0 Å². The van der Waals surface area contributed by atoms with Crippen LogP contribution in [0.1, 0.15) is 31.4 Å². The van der Waals surface area contributed by atoms with Crippen LogP contribution in [0.15, 0.2) is 89.5 Å². The van der Waals surface area contributed by atoms with Gasteiger partial charge in [0, 0.05) is 18.2 Å². The predicted octanol–water partition coefficient (Wildman–Crippen LogP) is 3.39. The van der Waals surface area contributed by atoms with Crippen LogP contribution in [0.3, 0.4) is 0 Å². The molecule has 2 heterocycles. The molecule has 0 radical (unpaired) electrons. The topological polar surface area (TPSA) is 133 Å². The van der Waals surface area contributed by atoms with Gasteiger partial charge in [-0.3, -0.25) is 33.7 Å². The fourth-order valence-electron chi connectivity index (χ4n) is 4.86. The molecule has 0 aliphatic carbocycles. The van der Waals surface area contributed by atoms with E-state index in [2.05, 4.69) is 10.6 Å². The molecule has 4 amide bonds. The van der Waals surface area contributed by atoms with E-state index in [1.54, 1.807) is 61.5 Å². The van der Waals surface area contributed by atoms with Crippen LogP contribution >= 0.6 is 0 Å². The highest BCUT2D eigenvalue weighted by atomic mass is 32.2. The van der Waals surface area contributed by atoms with E-state index in [0.717, 1.165) is 27.4 Å². The Labute approximate surface area is 239 Å². The Kier molecular flexibility index (Phi) is 7.61. The number of hydrogen-bond acceptors (Lipinski definition) is 7. The number of amides is 4. The summed E-state index contributed by atoms with van der Waals surface area (Å²) in [6, 6.07) is 14.9. The van der Waals surface area contributed by atoms with Gasteiger partial charge in [-0.15, -0.1) is 0 Å². The van der Waals surface area contributed by atoms with E-state index < -0.39 is 62.3 Å². The molecule has 0 spiro atoms. The molecule has 2 N–H and O–H groups in total. The average Bonchev–Trinajstić information content (AvgIpc) is 3.23. The summed E-state index contributed by atoms with van der Waals surface area (Å²) in [6.07, 6.45) is 1.05. The Bertz CT molecular complexity index is 1750. The fraction of sp³-hybridized carbons (Fsp3) is 0.172. The predicted molar refractivity (Wildman–Crippen MR) is 147 cm³/mol. The number of sulfonamides is 1. The zero-order valence-corrected chi connectivity index (χ0v) is 22.9. The molecule has 10 nitrogen and oxygen atoms in total. The van der Waals surface area contributed by atoms with Gasteiger partial charge < -0.3 is 5.32 Å². The first-order valence-corrected chi connectivity index (χ1v) is 14.3. The number of nitrogens with one attached hydrogen (secondary N) is 2. The molecule has 216 valence electrons. The Hall–Kier alpha value is -4.91. The van der Waals surface area contributed by atoms with Crippen molar-refractivity contribution in [2.75, 3.05) is 9.62 Å². The van der Waals surface area contributed by atoms with Gasteiger partial charge in [-0.1, -0.05) is 30.3 Å². The third-order valence-electron chi connectivity index (χ3n) is 6.93. The van der Waals surface area contributed by atoms with E-state index in [-0.39, 0.29) is 24.2 Å². The van der Waals surface area contributed by atoms with Gasteiger partial charge in [0.15, 0.2) is 11.6 Å². The second-order valence-electron chi connectivity index (χ2n) is 9.68. The summed E-state index contributed by atoms with van der Waals surface area (Å²) < 4.78 is 56.2. The van der Waals surface area contributed by atoms with E-state index in [9.17, 15) is 36.4 Å². The SMILES string of the molecule is CC(c1cccc(NC2=CC(=O)N(C3CCC(=O)NC3=O)C2=O)c1)N(c1ccccc1)S(=O)(=O)c1ccc(F)c(F)c1. The van der Waals surface area contributed by atoms with Crippen molar-refractivity contribution in [2.24, 2.45) is 0 Å². The van der Waals surface area contributed by atoms with Crippen molar-refractivity contribution in [3.05, 3.63) is 102 Å². The third kappa shape index (κ3) is 5.38. The van der Waals surface area contributed by atoms with Crippen LogP contribution in [0, 0.1) is 11.6 Å². The highest BCUT2D eigenvalue weighted by molar-refractivity contribution is 7.92. The number of carbonyl (C=O) groups excluding carboxylic acids is 4. The molecule has 3 aromatic carbocycles. The van der Waals surface area contributed by atoms with Crippen molar-refractivity contribution < 1.29 is 36.4 Å². The van der Waals surface area contributed by atoms with E-state index in [1.165, 1.54) is 0 Å². The molecule has 1 saturated heterocycles. The van der Waals surface area contributed by atoms with Crippen molar-refractivity contribution >= 4 is 45.0 Å². The van der Waals surface area contributed by atoms with Gasteiger partial charge in [0.1, 0.15) is 11.7 Å². The molecular formula is C29H24F2N4O6S. The molecule has 3 aromatic rings. The highest BCUT2D eigenvalue weighted by Crippen LogP contribution is 2.35. The smallest absolute Gasteiger partial charge is 0.278 e. The molecule has 2 unspecified atom stereocenters. The number of nitrogens with zero attached hydrogens (tertiary/aromatic N) is 2. The minimum absolute atomic E-state index is 0.0119. The zero-order chi connectivity index (χ0) is 30.2. The van der Waals surface area contributed by atoms with Crippen LogP contribution in [0.25, 0.3) is 0 Å². The molecule has 2 atom stereocenters. The maximum atomic E-state index is 14.0. The lowest BCUT2D eigenvalue weighted by atomic mass is 10.0. The van der Waals surface area contributed by atoms with E-state index >= 15 is 0 Å². The molecule has 0 aromatic heterocycles.